The largest absolute Gasteiger partial charge is 0.486 e. The molecule has 0 spiro atoms. The van der Waals surface area contributed by atoms with E-state index >= 15 is 0 Å². The Labute approximate surface area is 126 Å². The molecule has 1 aromatic carbocycles. The zero-order chi connectivity index (χ0) is 15.6. The van der Waals surface area contributed by atoms with Gasteiger partial charge in [0.15, 0.2) is 11.5 Å². The number of amides is 1. The maximum Gasteiger partial charge on any atom is 0.265 e. The fourth-order valence-electron chi connectivity index (χ4n) is 1.96. The topological polar surface area (TPSA) is 59.6 Å². The van der Waals surface area contributed by atoms with E-state index in [0.29, 0.717) is 30.3 Å². The number of ether oxygens (including phenoxy) is 2. The minimum absolute atomic E-state index is 0.0646. The molecule has 1 aliphatic heterocycles. The Hall–Kier alpha value is -1.75. The van der Waals surface area contributed by atoms with Gasteiger partial charge >= 0.3 is 0 Å². The van der Waals surface area contributed by atoms with Gasteiger partial charge in [-0.3, -0.25) is 10.2 Å². The maximum absolute atomic E-state index is 12.3. The van der Waals surface area contributed by atoms with Crippen molar-refractivity contribution in [3.8, 4) is 11.5 Å². The number of benzene rings is 1. The van der Waals surface area contributed by atoms with Gasteiger partial charge in [-0.25, -0.2) is 5.43 Å². The summed E-state index contributed by atoms with van der Waals surface area (Å²) in [5, 5.41) is 0. The number of hydrazine groups is 1. The van der Waals surface area contributed by atoms with Gasteiger partial charge in [0.1, 0.15) is 13.2 Å². The van der Waals surface area contributed by atoms with Gasteiger partial charge in [0, 0.05) is 17.2 Å². The van der Waals surface area contributed by atoms with Crippen LogP contribution in [0.5, 0.6) is 11.5 Å². The van der Waals surface area contributed by atoms with Crippen LogP contribution in [0.15, 0.2) is 12.1 Å². The van der Waals surface area contributed by atoms with E-state index in [1.165, 1.54) is 0 Å². The minimum Gasteiger partial charge on any atom is -0.486 e. The summed E-state index contributed by atoms with van der Waals surface area (Å²) in [6.07, 6.45) is 0. The summed E-state index contributed by atoms with van der Waals surface area (Å²) in [6.45, 7) is 11.3. The van der Waals surface area contributed by atoms with Crippen LogP contribution in [0.25, 0.3) is 0 Å². The van der Waals surface area contributed by atoms with Crippen molar-refractivity contribution >= 4 is 5.91 Å². The Morgan fingerprint density at radius 2 is 1.90 bits per heavy atom. The van der Waals surface area contributed by atoms with Crippen molar-refractivity contribution < 1.29 is 14.3 Å². The summed E-state index contributed by atoms with van der Waals surface area (Å²) < 4.78 is 11.1. The zero-order valence-corrected chi connectivity index (χ0v) is 13.4. The van der Waals surface area contributed by atoms with Crippen LogP contribution >= 0.6 is 0 Å². The predicted molar refractivity (Wildman–Crippen MR) is 81.7 cm³/mol. The van der Waals surface area contributed by atoms with E-state index in [9.17, 15) is 4.79 Å². The second-order valence-corrected chi connectivity index (χ2v) is 6.45. The maximum atomic E-state index is 12.3. The van der Waals surface area contributed by atoms with Gasteiger partial charge in [-0.2, -0.15) is 0 Å². The number of hydrogen-bond donors (Lipinski definition) is 2. The zero-order valence-electron chi connectivity index (χ0n) is 13.4. The Kier molecular flexibility index (Phi) is 4.42. The highest BCUT2D eigenvalue weighted by Gasteiger charge is 2.22. The lowest BCUT2D eigenvalue weighted by molar-refractivity contribution is 0.0909. The molecule has 21 heavy (non-hydrogen) atoms. The summed E-state index contributed by atoms with van der Waals surface area (Å²) in [5.74, 6) is 1.20. The summed E-state index contributed by atoms with van der Waals surface area (Å²) >= 11 is 0. The minimum atomic E-state index is -0.166. The molecule has 2 rings (SSSR count). The van der Waals surface area contributed by atoms with Crippen LogP contribution < -0.4 is 20.3 Å². The van der Waals surface area contributed by atoms with Crippen molar-refractivity contribution in [2.24, 2.45) is 5.41 Å². The van der Waals surface area contributed by atoms with E-state index in [2.05, 4.69) is 31.6 Å². The lowest BCUT2D eigenvalue weighted by Gasteiger charge is -2.28. The van der Waals surface area contributed by atoms with Crippen molar-refractivity contribution in [3.63, 3.8) is 0 Å². The molecule has 5 heteroatoms. The molecule has 0 radical (unpaired) electrons. The molecule has 1 aliphatic rings. The van der Waals surface area contributed by atoms with Crippen molar-refractivity contribution in [3.05, 3.63) is 23.3 Å². The second-order valence-electron chi connectivity index (χ2n) is 6.45. The van der Waals surface area contributed by atoms with Crippen LogP contribution in [0.4, 0.5) is 0 Å². The molecular formula is C16H24N2O3. The first kappa shape index (κ1) is 15.6. The molecule has 1 aromatic rings. The first-order valence-electron chi connectivity index (χ1n) is 7.26. The Balaban J connectivity index is 2.10. The number of carbonyl (C=O) groups excluding carboxylic acids is 1. The molecule has 0 aliphatic carbocycles. The van der Waals surface area contributed by atoms with Crippen LogP contribution in [0.2, 0.25) is 0 Å². The van der Waals surface area contributed by atoms with E-state index in [4.69, 9.17) is 9.47 Å². The molecule has 0 saturated carbocycles. The number of rotatable bonds is 3. The van der Waals surface area contributed by atoms with Crippen molar-refractivity contribution in [2.45, 2.75) is 40.7 Å². The number of hydrogen-bond acceptors (Lipinski definition) is 4. The molecular weight excluding hydrogens is 268 g/mol. The van der Waals surface area contributed by atoms with Gasteiger partial charge in [0.2, 0.25) is 0 Å². The Morgan fingerprint density at radius 1 is 1.24 bits per heavy atom. The first-order valence-corrected chi connectivity index (χ1v) is 7.26. The summed E-state index contributed by atoms with van der Waals surface area (Å²) in [7, 11) is 0. The highest BCUT2D eigenvalue weighted by molar-refractivity contribution is 5.96. The molecule has 0 saturated heterocycles. The van der Waals surface area contributed by atoms with Crippen LogP contribution in [0.1, 0.15) is 43.6 Å². The SMILES string of the molecule is Cc1c(C(=O)NNC(C)C(C)(C)C)ccc2c1OCCO2. The van der Waals surface area contributed by atoms with Gasteiger partial charge in [-0.1, -0.05) is 20.8 Å². The molecule has 1 heterocycles. The lowest BCUT2D eigenvalue weighted by Crippen LogP contribution is -2.48. The van der Waals surface area contributed by atoms with Gasteiger partial charge in [0.25, 0.3) is 5.91 Å². The third-order valence-electron chi connectivity index (χ3n) is 3.90. The van der Waals surface area contributed by atoms with Crippen molar-refractivity contribution in [1.82, 2.24) is 10.9 Å². The Morgan fingerprint density at radius 3 is 2.57 bits per heavy atom. The fraction of sp³-hybridized carbons (Fsp3) is 0.562. The molecule has 0 fully saturated rings. The smallest absolute Gasteiger partial charge is 0.265 e. The van der Waals surface area contributed by atoms with E-state index < -0.39 is 0 Å². The standard InChI is InChI=1S/C16H24N2O3/c1-10-12(6-7-13-14(10)21-9-8-20-13)15(19)18-17-11(2)16(3,4)5/h6-7,11,17H,8-9H2,1-5H3,(H,18,19). The van der Waals surface area contributed by atoms with Gasteiger partial charge in [0.05, 0.1) is 0 Å². The molecule has 1 unspecified atom stereocenters. The monoisotopic (exact) mass is 292 g/mol. The highest BCUT2D eigenvalue weighted by atomic mass is 16.6. The second kappa shape index (κ2) is 5.93. The highest BCUT2D eigenvalue weighted by Crippen LogP contribution is 2.35. The average Bonchev–Trinajstić information content (AvgIpc) is 2.44. The molecule has 0 aromatic heterocycles. The van der Waals surface area contributed by atoms with Crippen molar-refractivity contribution in [1.29, 1.82) is 0 Å². The average molecular weight is 292 g/mol. The molecule has 116 valence electrons. The molecule has 5 nitrogen and oxygen atoms in total. The predicted octanol–water partition coefficient (Wildman–Crippen LogP) is 2.44. The van der Waals surface area contributed by atoms with Crippen LogP contribution in [0, 0.1) is 12.3 Å². The van der Waals surface area contributed by atoms with Crippen LogP contribution in [-0.2, 0) is 0 Å². The summed E-state index contributed by atoms with van der Waals surface area (Å²) in [5.41, 5.74) is 7.28. The van der Waals surface area contributed by atoms with E-state index in [1.54, 1.807) is 12.1 Å². The van der Waals surface area contributed by atoms with Gasteiger partial charge in [-0.05, 0) is 31.4 Å². The van der Waals surface area contributed by atoms with Crippen molar-refractivity contribution in [2.75, 3.05) is 13.2 Å². The summed E-state index contributed by atoms with van der Waals surface area (Å²) in [6, 6.07) is 3.70. The number of nitrogens with one attached hydrogen (secondary N) is 2. The third kappa shape index (κ3) is 3.47. The fourth-order valence-corrected chi connectivity index (χ4v) is 1.96. The molecule has 2 N–H and O–H groups in total. The Bertz CT molecular complexity index is 535. The van der Waals surface area contributed by atoms with E-state index in [0.717, 1.165) is 5.56 Å². The molecule has 0 bridgehead atoms. The van der Waals surface area contributed by atoms with E-state index in [-0.39, 0.29) is 17.4 Å². The molecule has 1 amide bonds. The number of fused-ring (bicyclic) bond motifs is 1. The lowest BCUT2D eigenvalue weighted by atomic mass is 9.89. The normalized spacial score (nSPS) is 15.5. The van der Waals surface area contributed by atoms with Gasteiger partial charge < -0.3 is 9.47 Å². The first-order chi connectivity index (χ1) is 9.80. The number of carbonyl (C=O) groups is 1. The third-order valence-corrected chi connectivity index (χ3v) is 3.90. The van der Waals surface area contributed by atoms with Crippen LogP contribution in [-0.4, -0.2) is 25.2 Å². The quantitative estimate of drug-likeness (QED) is 0.840. The van der Waals surface area contributed by atoms with Gasteiger partial charge in [-0.15, -0.1) is 0 Å². The molecule has 1 atom stereocenters. The summed E-state index contributed by atoms with van der Waals surface area (Å²) in [4.78, 5) is 12.3. The van der Waals surface area contributed by atoms with Crippen LogP contribution in [0.3, 0.4) is 0 Å². The van der Waals surface area contributed by atoms with E-state index in [1.807, 2.05) is 13.8 Å².